The zero-order chi connectivity index (χ0) is 19.2. The van der Waals surface area contributed by atoms with Gasteiger partial charge in [0.05, 0.1) is 18.4 Å². The maximum Gasteiger partial charge on any atom is 0.252 e. The molecule has 0 spiro atoms. The van der Waals surface area contributed by atoms with Gasteiger partial charge in [0.25, 0.3) is 5.91 Å². The zero-order valence-corrected chi connectivity index (χ0v) is 15.8. The molecular weight excluding hydrogens is 342 g/mol. The average Bonchev–Trinajstić information content (AvgIpc) is 2.72. The summed E-state index contributed by atoms with van der Waals surface area (Å²) < 4.78 is 5.23. The molecular formula is C21H25N3O3. The van der Waals surface area contributed by atoms with E-state index in [1.807, 2.05) is 35.2 Å². The maximum atomic E-state index is 12.4. The number of methoxy groups -OCH3 is 1. The summed E-state index contributed by atoms with van der Waals surface area (Å²) in [5.74, 6) is 1.19. The van der Waals surface area contributed by atoms with E-state index in [-0.39, 0.29) is 11.8 Å². The molecule has 6 nitrogen and oxygen atoms in total. The van der Waals surface area contributed by atoms with E-state index in [1.54, 1.807) is 26.3 Å². The molecule has 2 heterocycles. The Balaban J connectivity index is 1.54. The van der Waals surface area contributed by atoms with Crippen molar-refractivity contribution in [2.75, 3.05) is 26.7 Å². The molecule has 1 N–H and O–H groups in total. The van der Waals surface area contributed by atoms with Crippen LogP contribution in [0.2, 0.25) is 0 Å². The molecule has 0 bridgehead atoms. The molecule has 1 saturated heterocycles. The lowest BCUT2D eigenvalue weighted by Gasteiger charge is -2.31. The highest BCUT2D eigenvalue weighted by atomic mass is 16.5. The molecule has 2 aromatic rings. The summed E-state index contributed by atoms with van der Waals surface area (Å²) in [5.41, 5.74) is 2.28. The summed E-state index contributed by atoms with van der Waals surface area (Å²) in [4.78, 5) is 30.0. The average molecular weight is 367 g/mol. The Morgan fingerprint density at radius 3 is 2.63 bits per heavy atom. The second kappa shape index (κ2) is 8.66. The number of nitrogens with one attached hydrogen (secondary N) is 1. The summed E-state index contributed by atoms with van der Waals surface area (Å²) in [5, 5.41) is 2.99. The van der Waals surface area contributed by atoms with Crippen molar-refractivity contribution in [1.82, 2.24) is 15.2 Å². The van der Waals surface area contributed by atoms with Gasteiger partial charge in [-0.05, 0) is 43.0 Å². The van der Waals surface area contributed by atoms with E-state index in [9.17, 15) is 9.59 Å². The van der Waals surface area contributed by atoms with Crippen LogP contribution >= 0.6 is 0 Å². The number of pyridine rings is 1. The van der Waals surface area contributed by atoms with E-state index in [0.29, 0.717) is 18.0 Å². The summed E-state index contributed by atoms with van der Waals surface area (Å²) >= 11 is 0. The van der Waals surface area contributed by atoms with Crippen LogP contribution in [-0.4, -0.2) is 48.4 Å². The van der Waals surface area contributed by atoms with E-state index in [0.717, 1.165) is 42.9 Å². The third-order valence-electron chi connectivity index (χ3n) is 5.00. The zero-order valence-electron chi connectivity index (χ0n) is 15.8. The van der Waals surface area contributed by atoms with Crippen molar-refractivity contribution in [2.24, 2.45) is 5.92 Å². The van der Waals surface area contributed by atoms with E-state index in [2.05, 4.69) is 10.3 Å². The van der Waals surface area contributed by atoms with Gasteiger partial charge >= 0.3 is 0 Å². The summed E-state index contributed by atoms with van der Waals surface area (Å²) in [6.45, 7) is 3.77. The van der Waals surface area contributed by atoms with Gasteiger partial charge in [0, 0.05) is 38.3 Å². The van der Waals surface area contributed by atoms with Crippen LogP contribution in [0, 0.1) is 5.92 Å². The van der Waals surface area contributed by atoms with Gasteiger partial charge in [-0.3, -0.25) is 14.6 Å². The smallest absolute Gasteiger partial charge is 0.252 e. The fourth-order valence-corrected chi connectivity index (χ4v) is 3.27. The highest BCUT2D eigenvalue weighted by Crippen LogP contribution is 2.22. The number of carbonyl (C=O) groups is 2. The van der Waals surface area contributed by atoms with Crippen molar-refractivity contribution in [1.29, 1.82) is 0 Å². The van der Waals surface area contributed by atoms with Crippen LogP contribution in [0.25, 0.3) is 11.3 Å². The first-order valence-electron chi connectivity index (χ1n) is 9.21. The van der Waals surface area contributed by atoms with Crippen LogP contribution in [0.1, 0.15) is 30.1 Å². The highest BCUT2D eigenvalue weighted by Gasteiger charge is 2.21. The Kier molecular flexibility index (Phi) is 6.06. The number of hydrogen-bond acceptors (Lipinski definition) is 4. The first kappa shape index (κ1) is 18.9. The predicted octanol–water partition coefficient (Wildman–Crippen LogP) is 2.75. The Morgan fingerprint density at radius 1 is 1.22 bits per heavy atom. The number of hydrogen-bond donors (Lipinski definition) is 1. The molecule has 1 aliphatic rings. The van der Waals surface area contributed by atoms with E-state index in [1.165, 1.54) is 0 Å². The third kappa shape index (κ3) is 4.84. The Labute approximate surface area is 159 Å². The van der Waals surface area contributed by atoms with Crippen LogP contribution in [-0.2, 0) is 4.79 Å². The molecule has 1 fully saturated rings. The minimum Gasteiger partial charge on any atom is -0.497 e. The fourth-order valence-electron chi connectivity index (χ4n) is 3.27. The van der Waals surface area contributed by atoms with Crippen LogP contribution in [0.5, 0.6) is 5.75 Å². The molecule has 0 atom stereocenters. The van der Waals surface area contributed by atoms with Crippen molar-refractivity contribution >= 4 is 11.8 Å². The Morgan fingerprint density at radius 2 is 2.00 bits per heavy atom. The molecule has 0 saturated carbocycles. The van der Waals surface area contributed by atoms with Gasteiger partial charge in [0.1, 0.15) is 5.75 Å². The lowest BCUT2D eigenvalue weighted by atomic mass is 9.96. The SMILES string of the molecule is COc1cccc(-c2ccc(C(=O)NCC3CCN(C(C)=O)CC3)cn2)c1. The monoisotopic (exact) mass is 367 g/mol. The lowest BCUT2D eigenvalue weighted by molar-refractivity contribution is -0.130. The first-order valence-corrected chi connectivity index (χ1v) is 9.21. The van der Waals surface area contributed by atoms with Crippen LogP contribution in [0.15, 0.2) is 42.6 Å². The van der Waals surface area contributed by atoms with Gasteiger partial charge < -0.3 is 15.0 Å². The van der Waals surface area contributed by atoms with E-state index < -0.39 is 0 Å². The quantitative estimate of drug-likeness (QED) is 0.882. The highest BCUT2D eigenvalue weighted by molar-refractivity contribution is 5.94. The van der Waals surface area contributed by atoms with Crippen molar-refractivity contribution in [3.8, 4) is 17.0 Å². The molecule has 6 heteroatoms. The van der Waals surface area contributed by atoms with Gasteiger partial charge in [-0.2, -0.15) is 0 Å². The summed E-state index contributed by atoms with van der Waals surface area (Å²) in [7, 11) is 1.63. The number of ether oxygens (including phenoxy) is 1. The molecule has 0 radical (unpaired) electrons. The number of rotatable bonds is 5. The van der Waals surface area contributed by atoms with Crippen molar-refractivity contribution < 1.29 is 14.3 Å². The van der Waals surface area contributed by atoms with Gasteiger partial charge in [0.2, 0.25) is 5.91 Å². The second-order valence-electron chi connectivity index (χ2n) is 6.82. The molecule has 3 rings (SSSR count). The molecule has 2 amide bonds. The predicted molar refractivity (Wildman–Crippen MR) is 104 cm³/mol. The van der Waals surface area contributed by atoms with E-state index in [4.69, 9.17) is 4.74 Å². The largest absolute Gasteiger partial charge is 0.497 e. The summed E-state index contributed by atoms with van der Waals surface area (Å²) in [6, 6.07) is 11.3. The van der Waals surface area contributed by atoms with Gasteiger partial charge in [-0.15, -0.1) is 0 Å². The lowest BCUT2D eigenvalue weighted by Crippen LogP contribution is -2.40. The number of likely N-dealkylation sites (tertiary alicyclic amines) is 1. The molecule has 1 aliphatic heterocycles. The van der Waals surface area contributed by atoms with E-state index >= 15 is 0 Å². The third-order valence-corrected chi connectivity index (χ3v) is 5.00. The van der Waals surface area contributed by atoms with Crippen molar-refractivity contribution in [3.63, 3.8) is 0 Å². The minimum atomic E-state index is -0.117. The normalized spacial score (nSPS) is 14.7. The Hall–Kier alpha value is -2.89. The molecule has 0 unspecified atom stereocenters. The topological polar surface area (TPSA) is 71.5 Å². The minimum absolute atomic E-state index is 0.117. The molecule has 27 heavy (non-hydrogen) atoms. The van der Waals surface area contributed by atoms with Crippen LogP contribution in [0.3, 0.4) is 0 Å². The van der Waals surface area contributed by atoms with Gasteiger partial charge in [0.15, 0.2) is 0 Å². The van der Waals surface area contributed by atoms with Gasteiger partial charge in [-0.1, -0.05) is 12.1 Å². The molecule has 142 valence electrons. The van der Waals surface area contributed by atoms with Crippen LogP contribution < -0.4 is 10.1 Å². The van der Waals surface area contributed by atoms with Crippen LogP contribution in [0.4, 0.5) is 0 Å². The first-order chi connectivity index (χ1) is 13.1. The van der Waals surface area contributed by atoms with Gasteiger partial charge in [-0.25, -0.2) is 0 Å². The van der Waals surface area contributed by atoms with Crippen molar-refractivity contribution in [3.05, 3.63) is 48.2 Å². The molecule has 1 aromatic heterocycles. The number of aromatic nitrogens is 1. The standard InChI is InChI=1S/C21H25N3O3/c1-15(25)24-10-8-16(9-11-24)13-23-21(26)18-6-7-20(22-14-18)17-4-3-5-19(12-17)27-2/h3-7,12,14,16H,8-11,13H2,1-2H3,(H,23,26). The fraction of sp³-hybridized carbons (Fsp3) is 0.381. The number of piperidine rings is 1. The Bertz CT molecular complexity index is 797. The number of nitrogens with zero attached hydrogens (tertiary/aromatic N) is 2. The molecule has 0 aliphatic carbocycles. The van der Waals surface area contributed by atoms with Crippen molar-refractivity contribution in [2.45, 2.75) is 19.8 Å². The number of amides is 2. The summed E-state index contributed by atoms with van der Waals surface area (Å²) in [6.07, 6.45) is 3.45. The molecule has 1 aromatic carbocycles. The number of carbonyl (C=O) groups excluding carboxylic acids is 2. The maximum absolute atomic E-state index is 12.4. The second-order valence-corrected chi connectivity index (χ2v) is 6.82. The number of benzene rings is 1.